The lowest BCUT2D eigenvalue weighted by atomic mass is 10.1. The standard InChI is InChI=1S/C22H24F3N3O2/c1-15(2)26-7-9-27(10-8-26)21(29)19-13-20-18(6-11-30-20)28(19)14-16-4-3-5-17(12-16)22(23,24)25/h3-6,11-13,15H,7-10,14H2,1-2H3. The molecule has 2 aromatic heterocycles. The molecule has 1 aromatic carbocycles. The van der Waals surface area contributed by atoms with Crippen molar-refractivity contribution in [1.82, 2.24) is 14.4 Å². The third-order valence-electron chi connectivity index (χ3n) is 5.67. The Kier molecular flexibility index (Phi) is 5.36. The number of halogens is 3. The number of amides is 1. The van der Waals surface area contributed by atoms with Gasteiger partial charge >= 0.3 is 6.18 Å². The smallest absolute Gasteiger partial charge is 0.416 e. The Bertz CT molecular complexity index is 1040. The van der Waals surface area contributed by atoms with E-state index in [0.29, 0.717) is 41.5 Å². The Hall–Kier alpha value is -2.74. The lowest BCUT2D eigenvalue weighted by Gasteiger charge is -2.37. The number of rotatable bonds is 4. The molecule has 0 saturated carbocycles. The first kappa shape index (κ1) is 20.5. The normalized spacial score (nSPS) is 16.0. The number of furan rings is 1. The van der Waals surface area contributed by atoms with E-state index in [1.807, 2.05) is 0 Å². The molecule has 1 aliphatic heterocycles. The summed E-state index contributed by atoms with van der Waals surface area (Å²) in [6.07, 6.45) is -2.89. The zero-order chi connectivity index (χ0) is 21.5. The van der Waals surface area contributed by atoms with E-state index >= 15 is 0 Å². The van der Waals surface area contributed by atoms with Crippen LogP contribution in [0, 0.1) is 0 Å². The van der Waals surface area contributed by atoms with Crippen LogP contribution >= 0.6 is 0 Å². The summed E-state index contributed by atoms with van der Waals surface area (Å²) >= 11 is 0. The van der Waals surface area contributed by atoms with Gasteiger partial charge in [-0.15, -0.1) is 0 Å². The van der Waals surface area contributed by atoms with E-state index in [1.54, 1.807) is 27.7 Å². The van der Waals surface area contributed by atoms with Gasteiger partial charge in [-0.05, 0) is 31.5 Å². The third-order valence-corrected chi connectivity index (χ3v) is 5.67. The van der Waals surface area contributed by atoms with Gasteiger partial charge in [-0.3, -0.25) is 9.69 Å². The van der Waals surface area contributed by atoms with E-state index in [2.05, 4.69) is 18.7 Å². The molecule has 0 spiro atoms. The van der Waals surface area contributed by atoms with Crippen molar-refractivity contribution in [3.63, 3.8) is 0 Å². The lowest BCUT2D eigenvalue weighted by Crippen LogP contribution is -2.51. The number of carbonyl (C=O) groups excluding carboxylic acids is 1. The predicted molar refractivity (Wildman–Crippen MR) is 107 cm³/mol. The number of aromatic nitrogens is 1. The van der Waals surface area contributed by atoms with Gasteiger partial charge in [0.1, 0.15) is 5.69 Å². The molecule has 0 radical (unpaired) electrons. The highest BCUT2D eigenvalue weighted by Crippen LogP contribution is 2.30. The molecule has 0 atom stereocenters. The molecule has 1 fully saturated rings. The first-order valence-electron chi connectivity index (χ1n) is 10.0. The summed E-state index contributed by atoms with van der Waals surface area (Å²) in [5.41, 5.74) is 1.44. The van der Waals surface area contributed by atoms with Crippen LogP contribution in [0.2, 0.25) is 0 Å². The van der Waals surface area contributed by atoms with Crippen LogP contribution in [0.15, 0.2) is 47.1 Å². The molecule has 1 aliphatic rings. The van der Waals surface area contributed by atoms with Gasteiger partial charge in [-0.2, -0.15) is 13.2 Å². The molecule has 0 N–H and O–H groups in total. The fourth-order valence-electron chi connectivity index (χ4n) is 3.96. The average molecular weight is 419 g/mol. The number of hydrogen-bond acceptors (Lipinski definition) is 3. The molecule has 0 aliphatic carbocycles. The van der Waals surface area contributed by atoms with Crippen LogP contribution in [0.5, 0.6) is 0 Å². The zero-order valence-electron chi connectivity index (χ0n) is 16.9. The minimum Gasteiger partial charge on any atom is -0.463 e. The fourth-order valence-corrected chi connectivity index (χ4v) is 3.96. The highest BCUT2D eigenvalue weighted by molar-refractivity contribution is 5.97. The minimum atomic E-state index is -4.41. The third kappa shape index (κ3) is 3.96. The van der Waals surface area contributed by atoms with Crippen LogP contribution in [0.25, 0.3) is 11.1 Å². The van der Waals surface area contributed by atoms with E-state index in [-0.39, 0.29) is 12.5 Å². The Labute approximate surface area is 172 Å². The molecule has 30 heavy (non-hydrogen) atoms. The second-order valence-corrected chi connectivity index (χ2v) is 7.91. The Morgan fingerprint density at radius 3 is 2.50 bits per heavy atom. The molecular formula is C22H24F3N3O2. The monoisotopic (exact) mass is 419 g/mol. The predicted octanol–water partition coefficient (Wildman–Crippen LogP) is 4.47. The van der Waals surface area contributed by atoms with Crippen molar-refractivity contribution >= 4 is 17.0 Å². The molecule has 5 nitrogen and oxygen atoms in total. The van der Waals surface area contributed by atoms with Gasteiger partial charge in [0, 0.05) is 50.9 Å². The van der Waals surface area contributed by atoms with Crippen LogP contribution in [-0.2, 0) is 12.7 Å². The van der Waals surface area contributed by atoms with Crippen LogP contribution in [0.4, 0.5) is 13.2 Å². The number of benzene rings is 1. The Balaban J connectivity index is 1.62. The highest BCUT2D eigenvalue weighted by atomic mass is 19.4. The summed E-state index contributed by atoms with van der Waals surface area (Å²) in [5, 5.41) is 0. The molecule has 0 unspecified atom stereocenters. The molecule has 3 aromatic rings. The quantitative estimate of drug-likeness (QED) is 0.627. The summed E-state index contributed by atoms with van der Waals surface area (Å²) in [6.45, 7) is 7.25. The van der Waals surface area contributed by atoms with Crippen LogP contribution in [-0.4, -0.2) is 52.5 Å². The zero-order valence-corrected chi connectivity index (χ0v) is 16.9. The Morgan fingerprint density at radius 1 is 1.10 bits per heavy atom. The number of piperazine rings is 1. The molecule has 0 bridgehead atoms. The Morgan fingerprint density at radius 2 is 1.83 bits per heavy atom. The molecule has 4 rings (SSSR count). The first-order valence-corrected chi connectivity index (χ1v) is 10.0. The number of hydrogen-bond donors (Lipinski definition) is 0. The fraction of sp³-hybridized carbons (Fsp3) is 0.409. The number of alkyl halides is 3. The highest BCUT2D eigenvalue weighted by Gasteiger charge is 2.31. The van der Waals surface area contributed by atoms with E-state index in [4.69, 9.17) is 4.42 Å². The maximum Gasteiger partial charge on any atom is 0.416 e. The molecular weight excluding hydrogens is 395 g/mol. The summed E-state index contributed by atoms with van der Waals surface area (Å²) in [5.74, 6) is -0.128. The number of carbonyl (C=O) groups is 1. The van der Waals surface area contributed by atoms with Crippen molar-refractivity contribution in [2.45, 2.75) is 32.6 Å². The van der Waals surface area contributed by atoms with Crippen LogP contribution in [0.3, 0.4) is 0 Å². The second-order valence-electron chi connectivity index (χ2n) is 7.91. The van der Waals surface area contributed by atoms with E-state index in [1.165, 1.54) is 12.3 Å². The van der Waals surface area contributed by atoms with E-state index in [9.17, 15) is 18.0 Å². The van der Waals surface area contributed by atoms with Gasteiger partial charge in [0.25, 0.3) is 5.91 Å². The first-order chi connectivity index (χ1) is 14.2. The molecule has 1 amide bonds. The van der Waals surface area contributed by atoms with Gasteiger partial charge in [0.2, 0.25) is 0 Å². The summed E-state index contributed by atoms with van der Waals surface area (Å²) in [4.78, 5) is 17.4. The summed E-state index contributed by atoms with van der Waals surface area (Å²) in [6, 6.07) is 9.04. The molecule has 3 heterocycles. The van der Waals surface area contributed by atoms with Crippen molar-refractivity contribution in [3.05, 3.63) is 59.5 Å². The van der Waals surface area contributed by atoms with Crippen LogP contribution in [0.1, 0.15) is 35.5 Å². The SMILES string of the molecule is CC(C)N1CCN(C(=O)c2cc3occc3n2Cc2cccc(C(F)(F)F)c2)CC1. The van der Waals surface area contributed by atoms with Gasteiger partial charge in [-0.1, -0.05) is 12.1 Å². The number of fused-ring (bicyclic) bond motifs is 1. The minimum absolute atomic E-state index is 0.128. The van der Waals surface area contributed by atoms with Gasteiger partial charge < -0.3 is 13.9 Å². The largest absolute Gasteiger partial charge is 0.463 e. The van der Waals surface area contributed by atoms with Gasteiger partial charge in [0.15, 0.2) is 5.58 Å². The molecule has 1 saturated heterocycles. The summed E-state index contributed by atoms with van der Waals surface area (Å²) in [7, 11) is 0. The number of nitrogens with zero attached hydrogens (tertiary/aromatic N) is 3. The maximum atomic E-state index is 13.2. The average Bonchev–Trinajstić information content (AvgIpc) is 3.30. The molecule has 160 valence electrons. The van der Waals surface area contributed by atoms with Gasteiger partial charge in [0.05, 0.1) is 17.3 Å². The van der Waals surface area contributed by atoms with Crippen molar-refractivity contribution in [3.8, 4) is 0 Å². The van der Waals surface area contributed by atoms with Crippen molar-refractivity contribution < 1.29 is 22.4 Å². The van der Waals surface area contributed by atoms with Crippen molar-refractivity contribution in [1.29, 1.82) is 0 Å². The lowest BCUT2D eigenvalue weighted by molar-refractivity contribution is -0.137. The van der Waals surface area contributed by atoms with Crippen molar-refractivity contribution in [2.75, 3.05) is 26.2 Å². The van der Waals surface area contributed by atoms with Crippen LogP contribution < -0.4 is 0 Å². The van der Waals surface area contributed by atoms with Crippen molar-refractivity contribution in [2.24, 2.45) is 0 Å². The van der Waals surface area contributed by atoms with E-state index in [0.717, 1.165) is 25.2 Å². The molecule has 8 heteroatoms. The summed E-state index contributed by atoms with van der Waals surface area (Å²) < 4.78 is 46.5. The van der Waals surface area contributed by atoms with E-state index < -0.39 is 11.7 Å². The maximum absolute atomic E-state index is 13.2. The van der Waals surface area contributed by atoms with Gasteiger partial charge in [-0.25, -0.2) is 0 Å². The second kappa shape index (κ2) is 7.83. The topological polar surface area (TPSA) is 41.6 Å².